The van der Waals surface area contributed by atoms with E-state index in [1.807, 2.05) is 54.1 Å². The van der Waals surface area contributed by atoms with E-state index in [0.717, 1.165) is 24.0 Å². The number of primary amides is 1. The maximum absolute atomic E-state index is 13.6. The molecule has 1 aliphatic rings. The number of nitrogens with zero attached hydrogens (tertiary/aromatic N) is 2. The lowest BCUT2D eigenvalue weighted by Gasteiger charge is -2.39. The number of allylic oxidation sites excluding steroid dienone is 4. The molecule has 2 aromatic rings. The standard InChI is InChI=1S/C28H37N5O2/c1-7-10-11-12-19(4)23-17-27(5,6)33-24(31-23)22(18-30-33)25(34)32-28(9-3,26(29)35)21-15-13-20(8-2)14-16-21/h7,10-16,18,23,31H,1,8-9,17H2,2-6H3,(H2,29,35)(H,32,34)/b11-10-,19-12+/t23-,28+/m1/s1. The second-order valence-corrected chi connectivity index (χ2v) is 9.69. The summed E-state index contributed by atoms with van der Waals surface area (Å²) in [6.07, 6.45) is 11.2. The van der Waals surface area contributed by atoms with E-state index in [-0.39, 0.29) is 11.6 Å². The minimum atomic E-state index is -1.33. The number of nitrogens with one attached hydrogen (secondary N) is 2. The van der Waals surface area contributed by atoms with Crippen LogP contribution in [0.2, 0.25) is 0 Å². The van der Waals surface area contributed by atoms with Gasteiger partial charge in [0.25, 0.3) is 5.91 Å². The van der Waals surface area contributed by atoms with E-state index in [1.165, 1.54) is 0 Å². The van der Waals surface area contributed by atoms with Crippen molar-refractivity contribution in [2.45, 2.75) is 71.0 Å². The first-order chi connectivity index (χ1) is 16.6. The minimum Gasteiger partial charge on any atom is -0.367 e. The summed E-state index contributed by atoms with van der Waals surface area (Å²) in [5, 5.41) is 11.0. The maximum atomic E-state index is 13.6. The van der Waals surface area contributed by atoms with Crippen LogP contribution in [-0.4, -0.2) is 27.6 Å². The van der Waals surface area contributed by atoms with Crippen LogP contribution in [0.5, 0.6) is 0 Å². The van der Waals surface area contributed by atoms with Crippen molar-refractivity contribution in [3.05, 3.63) is 83.6 Å². The summed E-state index contributed by atoms with van der Waals surface area (Å²) in [5.41, 5.74) is 7.55. The topological polar surface area (TPSA) is 102 Å². The van der Waals surface area contributed by atoms with Crippen LogP contribution in [0.4, 0.5) is 5.82 Å². The Morgan fingerprint density at radius 1 is 1.29 bits per heavy atom. The highest BCUT2D eigenvalue weighted by Gasteiger charge is 2.41. The SMILES string of the molecule is C=C/C=C\C=C(/C)[C@H]1CC(C)(C)n2ncc(C(=O)N[C@](CC)(C(N)=O)c3ccc(CC)cc3)c2N1. The molecule has 0 spiro atoms. The van der Waals surface area contributed by atoms with Crippen molar-refractivity contribution in [2.75, 3.05) is 5.32 Å². The van der Waals surface area contributed by atoms with Crippen molar-refractivity contribution in [3.8, 4) is 0 Å². The van der Waals surface area contributed by atoms with Gasteiger partial charge in [-0.15, -0.1) is 0 Å². The number of benzene rings is 1. The maximum Gasteiger partial charge on any atom is 0.257 e. The molecule has 0 unspecified atom stereocenters. The lowest BCUT2D eigenvalue weighted by Crippen LogP contribution is -2.54. The monoisotopic (exact) mass is 475 g/mol. The van der Waals surface area contributed by atoms with Crippen molar-refractivity contribution < 1.29 is 9.59 Å². The highest BCUT2D eigenvalue weighted by molar-refractivity contribution is 6.02. The lowest BCUT2D eigenvalue weighted by atomic mass is 9.85. The smallest absolute Gasteiger partial charge is 0.257 e. The molecular formula is C28H37N5O2. The van der Waals surface area contributed by atoms with Crippen molar-refractivity contribution in [2.24, 2.45) is 5.73 Å². The number of fused-ring (bicyclic) bond motifs is 1. The molecule has 0 aliphatic carbocycles. The molecule has 2 atom stereocenters. The Balaban J connectivity index is 1.98. The third-order valence-corrected chi connectivity index (χ3v) is 6.89. The molecule has 4 N–H and O–H groups in total. The average Bonchev–Trinajstić information content (AvgIpc) is 3.27. The Morgan fingerprint density at radius 3 is 2.54 bits per heavy atom. The van der Waals surface area contributed by atoms with Crippen LogP contribution >= 0.6 is 0 Å². The second-order valence-electron chi connectivity index (χ2n) is 9.69. The zero-order valence-electron chi connectivity index (χ0n) is 21.4. The fourth-order valence-electron chi connectivity index (χ4n) is 4.62. The number of nitrogens with two attached hydrogens (primary N) is 1. The summed E-state index contributed by atoms with van der Waals surface area (Å²) in [5.74, 6) is -0.374. The van der Waals surface area contributed by atoms with Gasteiger partial charge in [-0.2, -0.15) is 5.10 Å². The highest BCUT2D eigenvalue weighted by Crippen LogP contribution is 2.36. The lowest BCUT2D eigenvalue weighted by molar-refractivity contribution is -0.124. The van der Waals surface area contributed by atoms with Gasteiger partial charge in [0.2, 0.25) is 5.91 Å². The third-order valence-electron chi connectivity index (χ3n) is 6.89. The number of carbonyl (C=O) groups excluding carboxylic acids is 2. The van der Waals surface area contributed by atoms with Crippen LogP contribution in [0.3, 0.4) is 0 Å². The van der Waals surface area contributed by atoms with E-state index >= 15 is 0 Å². The van der Waals surface area contributed by atoms with E-state index in [9.17, 15) is 9.59 Å². The number of hydrogen-bond acceptors (Lipinski definition) is 4. The first-order valence-corrected chi connectivity index (χ1v) is 12.1. The van der Waals surface area contributed by atoms with Gasteiger partial charge in [0.05, 0.1) is 17.8 Å². The molecule has 1 aliphatic heterocycles. The molecule has 1 aromatic carbocycles. The Morgan fingerprint density at radius 2 is 1.97 bits per heavy atom. The van der Waals surface area contributed by atoms with Gasteiger partial charge in [0, 0.05) is 0 Å². The van der Waals surface area contributed by atoms with E-state index < -0.39 is 17.4 Å². The molecule has 3 rings (SSSR count). The first-order valence-electron chi connectivity index (χ1n) is 12.1. The number of aryl methyl sites for hydroxylation is 1. The Labute approximate surface area is 208 Å². The highest BCUT2D eigenvalue weighted by atomic mass is 16.2. The van der Waals surface area contributed by atoms with Crippen LogP contribution in [-0.2, 0) is 22.3 Å². The minimum absolute atomic E-state index is 0.0175. The summed E-state index contributed by atoms with van der Waals surface area (Å²) in [6, 6.07) is 7.67. The van der Waals surface area contributed by atoms with E-state index in [4.69, 9.17) is 5.73 Å². The van der Waals surface area contributed by atoms with Gasteiger partial charge in [-0.1, -0.05) is 74.6 Å². The molecule has 2 heterocycles. The molecule has 0 fully saturated rings. The molecule has 1 aromatic heterocycles. The molecule has 0 saturated heterocycles. The number of rotatable bonds is 9. The first kappa shape index (κ1) is 26.0. The summed E-state index contributed by atoms with van der Waals surface area (Å²) in [6.45, 7) is 13.9. The number of hydrogen-bond donors (Lipinski definition) is 3. The molecule has 0 saturated carbocycles. The fourth-order valence-corrected chi connectivity index (χ4v) is 4.62. The molecule has 7 heteroatoms. The number of carbonyl (C=O) groups is 2. The third kappa shape index (κ3) is 5.09. The van der Waals surface area contributed by atoms with E-state index in [0.29, 0.717) is 23.4 Å². The van der Waals surface area contributed by atoms with Crippen molar-refractivity contribution >= 4 is 17.6 Å². The van der Waals surface area contributed by atoms with E-state index in [2.05, 4.69) is 50.0 Å². The largest absolute Gasteiger partial charge is 0.367 e. The van der Waals surface area contributed by atoms with Crippen LogP contribution in [0.15, 0.2) is 66.9 Å². The van der Waals surface area contributed by atoms with Gasteiger partial charge >= 0.3 is 0 Å². The molecule has 35 heavy (non-hydrogen) atoms. The van der Waals surface area contributed by atoms with Gasteiger partial charge in [0.1, 0.15) is 16.9 Å². The molecule has 7 nitrogen and oxygen atoms in total. The predicted molar refractivity (Wildman–Crippen MR) is 141 cm³/mol. The summed E-state index contributed by atoms with van der Waals surface area (Å²) >= 11 is 0. The van der Waals surface area contributed by atoms with E-state index in [1.54, 1.807) is 12.3 Å². The molecule has 186 valence electrons. The quantitative estimate of drug-likeness (QED) is 0.462. The zero-order chi connectivity index (χ0) is 25.8. The molecule has 2 amide bonds. The van der Waals surface area contributed by atoms with Gasteiger partial charge < -0.3 is 16.4 Å². The number of amides is 2. The normalized spacial score (nSPS) is 18.9. The van der Waals surface area contributed by atoms with Gasteiger partial charge in [-0.3, -0.25) is 9.59 Å². The Hall–Kier alpha value is -3.61. The molecule has 0 radical (unpaired) electrons. The Bertz CT molecular complexity index is 1160. The summed E-state index contributed by atoms with van der Waals surface area (Å²) in [7, 11) is 0. The van der Waals surface area contributed by atoms with Crippen LogP contribution in [0.25, 0.3) is 0 Å². The summed E-state index contributed by atoms with van der Waals surface area (Å²) < 4.78 is 1.85. The summed E-state index contributed by atoms with van der Waals surface area (Å²) in [4.78, 5) is 26.3. The molecule has 0 bridgehead atoms. The van der Waals surface area contributed by atoms with Crippen LogP contribution < -0.4 is 16.4 Å². The van der Waals surface area contributed by atoms with Crippen molar-refractivity contribution in [1.82, 2.24) is 15.1 Å². The zero-order valence-corrected chi connectivity index (χ0v) is 21.4. The predicted octanol–water partition coefficient (Wildman–Crippen LogP) is 4.57. The Kier molecular flexibility index (Phi) is 7.68. The van der Waals surface area contributed by atoms with Crippen molar-refractivity contribution in [3.63, 3.8) is 0 Å². The number of aromatic nitrogens is 2. The van der Waals surface area contributed by atoms with Gasteiger partial charge in [-0.05, 0) is 51.2 Å². The van der Waals surface area contributed by atoms with Gasteiger partial charge in [0.15, 0.2) is 0 Å². The van der Waals surface area contributed by atoms with Crippen molar-refractivity contribution in [1.29, 1.82) is 0 Å². The average molecular weight is 476 g/mol. The van der Waals surface area contributed by atoms with Crippen LogP contribution in [0.1, 0.15) is 68.9 Å². The molecular weight excluding hydrogens is 438 g/mol. The second kappa shape index (κ2) is 10.3. The van der Waals surface area contributed by atoms with Gasteiger partial charge in [-0.25, -0.2) is 4.68 Å². The van der Waals surface area contributed by atoms with Crippen LogP contribution in [0, 0.1) is 0 Å². The number of anilines is 1. The fraction of sp³-hybridized carbons (Fsp3) is 0.393.